The monoisotopic (exact) mass is 195 g/mol. The fourth-order valence-electron chi connectivity index (χ4n) is 1.17. The van der Waals surface area contributed by atoms with E-state index in [9.17, 15) is 4.39 Å². The van der Waals surface area contributed by atoms with Crippen molar-refractivity contribution in [3.63, 3.8) is 0 Å². The number of nitrogens with one attached hydrogen (secondary N) is 1. The summed E-state index contributed by atoms with van der Waals surface area (Å²) in [7, 11) is 0. The molecule has 0 atom stereocenters. The summed E-state index contributed by atoms with van der Waals surface area (Å²) in [6, 6.07) is 3.08. The van der Waals surface area contributed by atoms with Crippen LogP contribution in [0.5, 0.6) is 0 Å². The van der Waals surface area contributed by atoms with E-state index in [0.29, 0.717) is 16.9 Å². The van der Waals surface area contributed by atoms with Crippen LogP contribution >= 0.6 is 0 Å². The summed E-state index contributed by atoms with van der Waals surface area (Å²) in [5, 5.41) is 7.18. The molecule has 2 aromatic rings. The Balaban J connectivity index is 0.000000461. The number of H-pyrrole nitrogens is 1. The fourth-order valence-corrected chi connectivity index (χ4v) is 1.17. The average Bonchev–Trinajstić information content (AvgIpc) is 2.53. The molecule has 0 unspecified atom stereocenters. The van der Waals surface area contributed by atoms with Gasteiger partial charge in [0.2, 0.25) is 0 Å². The van der Waals surface area contributed by atoms with Crippen LogP contribution in [0.3, 0.4) is 0 Å². The topological polar surface area (TPSA) is 54.7 Å². The summed E-state index contributed by atoms with van der Waals surface area (Å²) < 4.78 is 13.0. The molecule has 1 aromatic heterocycles. The van der Waals surface area contributed by atoms with Gasteiger partial charge in [0.1, 0.15) is 5.82 Å². The van der Waals surface area contributed by atoms with Crippen molar-refractivity contribution in [3.05, 3.63) is 23.5 Å². The highest BCUT2D eigenvalue weighted by atomic mass is 19.1. The number of halogens is 1. The van der Waals surface area contributed by atoms with Crippen LogP contribution in [0.2, 0.25) is 0 Å². The van der Waals surface area contributed by atoms with Gasteiger partial charge < -0.3 is 5.73 Å². The maximum Gasteiger partial charge on any atom is 0.153 e. The first kappa shape index (κ1) is 10.5. The highest BCUT2D eigenvalue weighted by molar-refractivity contribution is 5.89. The second-order valence-electron chi connectivity index (χ2n) is 2.76. The lowest BCUT2D eigenvalue weighted by atomic mass is 10.1. The molecule has 0 saturated heterocycles. The van der Waals surface area contributed by atoms with Gasteiger partial charge in [-0.25, -0.2) is 4.39 Å². The molecule has 0 aliphatic carbocycles. The molecule has 0 amide bonds. The smallest absolute Gasteiger partial charge is 0.153 e. The van der Waals surface area contributed by atoms with Crippen LogP contribution in [0, 0.1) is 12.7 Å². The van der Waals surface area contributed by atoms with E-state index in [0.717, 1.165) is 5.39 Å². The van der Waals surface area contributed by atoms with Gasteiger partial charge in [0.25, 0.3) is 0 Å². The molecule has 2 rings (SSSR count). The van der Waals surface area contributed by atoms with Crippen molar-refractivity contribution in [1.82, 2.24) is 10.2 Å². The van der Waals surface area contributed by atoms with E-state index in [1.54, 1.807) is 13.0 Å². The molecule has 4 heteroatoms. The number of aromatic amines is 1. The van der Waals surface area contributed by atoms with Crippen LogP contribution in [0.4, 0.5) is 10.2 Å². The Hall–Kier alpha value is -1.58. The second kappa shape index (κ2) is 4.09. The largest absolute Gasteiger partial charge is 0.382 e. The van der Waals surface area contributed by atoms with Gasteiger partial charge in [-0.15, -0.1) is 0 Å². The Labute approximate surface area is 82.1 Å². The average molecular weight is 195 g/mol. The molecule has 14 heavy (non-hydrogen) atoms. The molecular formula is C10H14FN3. The molecule has 1 aromatic carbocycles. The summed E-state index contributed by atoms with van der Waals surface area (Å²) >= 11 is 0. The predicted octanol–water partition coefficient (Wildman–Crippen LogP) is 2.62. The van der Waals surface area contributed by atoms with E-state index in [1.807, 2.05) is 13.8 Å². The fraction of sp³-hybridized carbons (Fsp3) is 0.300. The molecule has 0 saturated carbocycles. The standard InChI is InChI=1S/C8H8FN3.C2H6/c1-4-2-5-7(3-6(4)9)11-12-8(5)10;1-2/h2-3H,1H3,(H3,10,11,12);1-2H3. The number of benzene rings is 1. The van der Waals surface area contributed by atoms with Gasteiger partial charge in [0.15, 0.2) is 5.82 Å². The van der Waals surface area contributed by atoms with Crippen molar-refractivity contribution >= 4 is 16.7 Å². The van der Waals surface area contributed by atoms with E-state index >= 15 is 0 Å². The Morgan fingerprint density at radius 2 is 2.00 bits per heavy atom. The number of nitrogen functional groups attached to an aromatic ring is 1. The second-order valence-corrected chi connectivity index (χ2v) is 2.76. The molecule has 1 heterocycles. The summed E-state index contributed by atoms with van der Waals surface area (Å²) in [6.45, 7) is 5.70. The lowest BCUT2D eigenvalue weighted by molar-refractivity contribution is 0.620. The number of nitrogens with two attached hydrogens (primary N) is 1. The predicted molar refractivity (Wildman–Crippen MR) is 56.5 cm³/mol. The van der Waals surface area contributed by atoms with Crippen LogP contribution in [-0.4, -0.2) is 10.2 Å². The highest BCUT2D eigenvalue weighted by Gasteiger charge is 2.05. The molecule has 0 fully saturated rings. The minimum atomic E-state index is -0.244. The van der Waals surface area contributed by atoms with Crippen molar-refractivity contribution in [2.75, 3.05) is 5.73 Å². The zero-order valence-electron chi connectivity index (χ0n) is 8.56. The quantitative estimate of drug-likeness (QED) is 0.678. The third-order valence-electron chi connectivity index (χ3n) is 1.87. The third-order valence-corrected chi connectivity index (χ3v) is 1.87. The van der Waals surface area contributed by atoms with Gasteiger partial charge in [-0.2, -0.15) is 5.10 Å². The first-order valence-electron chi connectivity index (χ1n) is 4.58. The third kappa shape index (κ3) is 1.69. The number of aromatic nitrogens is 2. The maximum atomic E-state index is 13.0. The molecule has 0 radical (unpaired) electrons. The summed E-state index contributed by atoms with van der Waals surface area (Å²) in [5.41, 5.74) is 6.74. The van der Waals surface area contributed by atoms with Crippen molar-refractivity contribution < 1.29 is 4.39 Å². The van der Waals surface area contributed by atoms with Crippen LogP contribution < -0.4 is 5.73 Å². The molecule has 0 aliphatic heterocycles. The van der Waals surface area contributed by atoms with E-state index in [1.165, 1.54) is 6.07 Å². The molecule has 3 nitrogen and oxygen atoms in total. The minimum absolute atomic E-state index is 0.244. The van der Waals surface area contributed by atoms with Gasteiger partial charge in [-0.3, -0.25) is 5.10 Å². The normalized spacial score (nSPS) is 9.71. The zero-order valence-corrected chi connectivity index (χ0v) is 8.56. The van der Waals surface area contributed by atoms with E-state index in [4.69, 9.17) is 5.73 Å². The number of anilines is 1. The van der Waals surface area contributed by atoms with Gasteiger partial charge in [0.05, 0.1) is 5.52 Å². The summed E-state index contributed by atoms with van der Waals surface area (Å²) in [6.07, 6.45) is 0. The number of nitrogens with zero attached hydrogens (tertiary/aromatic N) is 1. The van der Waals surface area contributed by atoms with Crippen LogP contribution in [0.15, 0.2) is 12.1 Å². The molecule has 3 N–H and O–H groups in total. The summed E-state index contributed by atoms with van der Waals surface area (Å²) in [5.74, 6) is 0.166. The van der Waals surface area contributed by atoms with Crippen molar-refractivity contribution in [1.29, 1.82) is 0 Å². The van der Waals surface area contributed by atoms with Crippen LogP contribution in [0.25, 0.3) is 10.9 Å². The lowest BCUT2D eigenvalue weighted by Gasteiger charge is -1.95. The Morgan fingerprint density at radius 1 is 1.36 bits per heavy atom. The van der Waals surface area contributed by atoms with Crippen LogP contribution in [0.1, 0.15) is 19.4 Å². The Kier molecular flexibility index (Phi) is 3.06. The van der Waals surface area contributed by atoms with Gasteiger partial charge in [-0.05, 0) is 24.6 Å². The van der Waals surface area contributed by atoms with Crippen molar-refractivity contribution in [2.24, 2.45) is 0 Å². The lowest BCUT2D eigenvalue weighted by Crippen LogP contribution is -1.85. The molecule has 0 aliphatic rings. The Morgan fingerprint density at radius 3 is 2.64 bits per heavy atom. The first-order valence-corrected chi connectivity index (χ1v) is 4.58. The highest BCUT2D eigenvalue weighted by Crippen LogP contribution is 2.20. The number of hydrogen-bond acceptors (Lipinski definition) is 2. The molecular weight excluding hydrogens is 181 g/mol. The first-order chi connectivity index (χ1) is 6.68. The maximum absolute atomic E-state index is 13.0. The van der Waals surface area contributed by atoms with Gasteiger partial charge >= 0.3 is 0 Å². The van der Waals surface area contributed by atoms with Crippen molar-refractivity contribution in [2.45, 2.75) is 20.8 Å². The van der Waals surface area contributed by atoms with Crippen molar-refractivity contribution in [3.8, 4) is 0 Å². The zero-order chi connectivity index (χ0) is 10.7. The number of hydrogen-bond donors (Lipinski definition) is 2. The number of fused-ring (bicyclic) bond motifs is 1. The summed E-state index contributed by atoms with van der Waals surface area (Å²) in [4.78, 5) is 0. The van der Waals surface area contributed by atoms with Crippen LogP contribution in [-0.2, 0) is 0 Å². The SMILES string of the molecule is CC.Cc1cc2c(N)n[nH]c2cc1F. The number of aryl methyl sites for hydroxylation is 1. The van der Waals surface area contributed by atoms with E-state index in [2.05, 4.69) is 10.2 Å². The molecule has 0 spiro atoms. The molecule has 76 valence electrons. The minimum Gasteiger partial charge on any atom is -0.382 e. The van der Waals surface area contributed by atoms with Gasteiger partial charge in [-0.1, -0.05) is 13.8 Å². The molecule has 0 bridgehead atoms. The van der Waals surface area contributed by atoms with E-state index in [-0.39, 0.29) is 5.82 Å². The number of rotatable bonds is 0. The van der Waals surface area contributed by atoms with Gasteiger partial charge in [0, 0.05) is 5.39 Å². The van der Waals surface area contributed by atoms with E-state index < -0.39 is 0 Å². The Bertz CT molecular complexity index is 434.